The molecule has 9 nitrogen and oxygen atoms in total. The highest BCUT2D eigenvalue weighted by Gasteiger charge is 2.20. The van der Waals surface area contributed by atoms with E-state index in [1.807, 2.05) is 55.2 Å². The van der Waals surface area contributed by atoms with E-state index in [-0.39, 0.29) is 0 Å². The molecule has 1 aliphatic heterocycles. The Hall–Kier alpha value is -3.32. The monoisotopic (exact) mass is 460 g/mol. The Balaban J connectivity index is 1.47. The van der Waals surface area contributed by atoms with E-state index in [2.05, 4.69) is 38.7 Å². The molecule has 0 aliphatic carbocycles. The van der Waals surface area contributed by atoms with Gasteiger partial charge in [0.25, 0.3) is 0 Å². The molecule has 34 heavy (non-hydrogen) atoms. The fourth-order valence-corrected chi connectivity index (χ4v) is 4.24. The lowest BCUT2D eigenvalue weighted by Gasteiger charge is -2.29. The second-order valence-corrected chi connectivity index (χ2v) is 8.90. The molecular formula is C25H32N8O. The van der Waals surface area contributed by atoms with Gasteiger partial charge in [0.1, 0.15) is 6.23 Å². The fourth-order valence-electron chi connectivity index (χ4n) is 4.24. The van der Waals surface area contributed by atoms with Crippen LogP contribution >= 0.6 is 0 Å². The highest BCUT2D eigenvalue weighted by molar-refractivity contribution is 5.65. The summed E-state index contributed by atoms with van der Waals surface area (Å²) in [4.78, 5) is 11.5. The molecule has 178 valence electrons. The van der Waals surface area contributed by atoms with Crippen LogP contribution in [0.3, 0.4) is 0 Å². The smallest absolute Gasteiger partial charge is 0.227 e. The lowest BCUT2D eigenvalue weighted by Crippen LogP contribution is -2.33. The highest BCUT2D eigenvalue weighted by atomic mass is 16.3. The molecule has 2 aromatic heterocycles. The van der Waals surface area contributed by atoms with Crippen LogP contribution in [0.15, 0.2) is 42.9 Å². The van der Waals surface area contributed by atoms with Crippen LogP contribution in [0.1, 0.15) is 49.6 Å². The molecule has 9 heteroatoms. The van der Waals surface area contributed by atoms with E-state index in [0.29, 0.717) is 24.0 Å². The van der Waals surface area contributed by atoms with Gasteiger partial charge in [-0.25, -0.2) is 9.97 Å². The Morgan fingerprint density at radius 2 is 2.06 bits per heavy atom. The molecule has 3 atom stereocenters. The van der Waals surface area contributed by atoms with E-state index in [0.717, 1.165) is 42.0 Å². The first-order valence-corrected chi connectivity index (χ1v) is 11.7. The Labute approximate surface area is 200 Å². The van der Waals surface area contributed by atoms with Crippen molar-refractivity contribution in [1.82, 2.24) is 30.0 Å². The van der Waals surface area contributed by atoms with Crippen molar-refractivity contribution >= 4 is 11.6 Å². The first-order chi connectivity index (χ1) is 16.5. The Bertz CT molecular complexity index is 1140. The lowest BCUT2D eigenvalue weighted by atomic mass is 10.0. The van der Waals surface area contributed by atoms with Gasteiger partial charge in [0.15, 0.2) is 0 Å². The second-order valence-electron chi connectivity index (χ2n) is 8.90. The molecule has 4 rings (SSSR count). The summed E-state index contributed by atoms with van der Waals surface area (Å²) in [5, 5.41) is 30.2. The number of likely N-dealkylation sites (N-methyl/N-ethyl adjacent to an activating group) is 1. The molecule has 3 heterocycles. The zero-order valence-corrected chi connectivity index (χ0v) is 19.9. The maximum absolute atomic E-state index is 10.4. The number of anilines is 2. The number of aliphatic hydroxyl groups is 1. The van der Waals surface area contributed by atoms with Gasteiger partial charge in [-0.15, -0.1) is 0 Å². The standard InChI is InChI=1S/C25H32N8O/c1-4-20(12-26)29-24(34)19-9-7-18(8-10-19)23-17(2)13-27-25(31-23)30-21-14-28-33(15-21)22-6-5-11-32(3)16-22/h7-10,13-15,20,22,24,29,34H,4-6,11,16H2,1-3H3,(H,27,30,31)/t20-,22?,24?/m0/s1. The van der Waals surface area contributed by atoms with Gasteiger partial charge in [-0.1, -0.05) is 31.2 Å². The largest absolute Gasteiger partial charge is 0.374 e. The number of aliphatic hydroxyl groups excluding tert-OH is 1. The summed E-state index contributed by atoms with van der Waals surface area (Å²) in [6, 6.07) is 9.66. The van der Waals surface area contributed by atoms with E-state index < -0.39 is 12.3 Å². The molecule has 1 aliphatic rings. The number of hydrogen-bond acceptors (Lipinski definition) is 8. The Kier molecular flexibility index (Phi) is 7.53. The molecule has 3 aromatic rings. The average Bonchev–Trinajstić information content (AvgIpc) is 3.32. The number of nitrogens with zero attached hydrogens (tertiary/aromatic N) is 6. The number of likely N-dealkylation sites (tertiary alicyclic amines) is 1. The zero-order valence-electron chi connectivity index (χ0n) is 19.9. The normalized spacial score (nSPS) is 18.3. The number of aryl methyl sites for hydroxylation is 1. The first kappa shape index (κ1) is 23.8. The minimum Gasteiger partial charge on any atom is -0.374 e. The molecule has 1 aromatic carbocycles. The van der Waals surface area contributed by atoms with Crippen molar-refractivity contribution in [1.29, 1.82) is 5.26 Å². The second kappa shape index (κ2) is 10.7. The molecular weight excluding hydrogens is 428 g/mol. The Morgan fingerprint density at radius 1 is 1.26 bits per heavy atom. The highest BCUT2D eigenvalue weighted by Crippen LogP contribution is 2.26. The summed E-state index contributed by atoms with van der Waals surface area (Å²) in [5.74, 6) is 0.506. The van der Waals surface area contributed by atoms with Crippen LogP contribution < -0.4 is 10.6 Å². The van der Waals surface area contributed by atoms with Crippen LogP contribution in [0.5, 0.6) is 0 Å². The van der Waals surface area contributed by atoms with Crippen molar-refractivity contribution in [2.24, 2.45) is 0 Å². The summed E-state index contributed by atoms with van der Waals surface area (Å²) in [5.41, 5.74) is 4.25. The number of hydrogen-bond donors (Lipinski definition) is 3. The molecule has 2 unspecified atom stereocenters. The van der Waals surface area contributed by atoms with Gasteiger partial charge in [-0.2, -0.15) is 10.4 Å². The van der Waals surface area contributed by atoms with E-state index in [9.17, 15) is 5.11 Å². The molecule has 1 fully saturated rings. The minimum absolute atomic E-state index is 0.382. The van der Waals surface area contributed by atoms with Crippen molar-refractivity contribution in [3.05, 3.63) is 54.0 Å². The van der Waals surface area contributed by atoms with Gasteiger partial charge >= 0.3 is 0 Å². The third-order valence-electron chi connectivity index (χ3n) is 6.23. The predicted molar refractivity (Wildman–Crippen MR) is 131 cm³/mol. The topological polar surface area (TPSA) is 115 Å². The van der Waals surface area contributed by atoms with Gasteiger partial charge < -0.3 is 15.3 Å². The summed E-state index contributed by atoms with van der Waals surface area (Å²) in [6.07, 6.45) is 7.66. The summed E-state index contributed by atoms with van der Waals surface area (Å²) in [7, 11) is 2.15. The molecule has 0 bridgehead atoms. The van der Waals surface area contributed by atoms with Crippen LogP contribution in [0.25, 0.3) is 11.3 Å². The van der Waals surface area contributed by atoms with Crippen molar-refractivity contribution < 1.29 is 5.11 Å². The minimum atomic E-state index is -0.900. The maximum Gasteiger partial charge on any atom is 0.227 e. The average molecular weight is 461 g/mol. The van der Waals surface area contributed by atoms with E-state index in [1.54, 1.807) is 6.20 Å². The molecule has 0 radical (unpaired) electrons. The van der Waals surface area contributed by atoms with Gasteiger partial charge in [-0.3, -0.25) is 10.00 Å². The number of nitriles is 1. The summed E-state index contributed by atoms with van der Waals surface area (Å²) >= 11 is 0. The fraction of sp³-hybridized carbons (Fsp3) is 0.440. The van der Waals surface area contributed by atoms with Gasteiger partial charge in [0.2, 0.25) is 5.95 Å². The van der Waals surface area contributed by atoms with Gasteiger partial charge in [0.05, 0.1) is 35.7 Å². The third-order valence-corrected chi connectivity index (χ3v) is 6.23. The molecule has 0 spiro atoms. The molecule has 3 N–H and O–H groups in total. The van der Waals surface area contributed by atoms with Crippen molar-refractivity contribution in [3.63, 3.8) is 0 Å². The van der Waals surface area contributed by atoms with E-state index in [1.165, 1.54) is 6.42 Å². The van der Waals surface area contributed by atoms with Crippen LogP contribution in [-0.4, -0.2) is 55.9 Å². The number of rotatable bonds is 8. The van der Waals surface area contributed by atoms with Crippen LogP contribution in [-0.2, 0) is 0 Å². The SMILES string of the molecule is CC[C@@H](C#N)NC(O)c1ccc(-c2nc(Nc3cnn(C4CCCN(C)C4)c3)ncc2C)cc1. The quantitative estimate of drug-likeness (QED) is 0.437. The van der Waals surface area contributed by atoms with Crippen LogP contribution in [0, 0.1) is 18.3 Å². The third kappa shape index (κ3) is 5.59. The predicted octanol–water partition coefficient (Wildman–Crippen LogP) is 3.54. The summed E-state index contributed by atoms with van der Waals surface area (Å²) in [6.45, 7) is 6.01. The summed E-state index contributed by atoms with van der Waals surface area (Å²) < 4.78 is 2.03. The number of benzene rings is 1. The van der Waals surface area contributed by atoms with Gasteiger partial charge in [0, 0.05) is 24.5 Å². The van der Waals surface area contributed by atoms with Crippen molar-refractivity contribution in [2.75, 3.05) is 25.5 Å². The lowest BCUT2D eigenvalue weighted by molar-refractivity contribution is 0.130. The maximum atomic E-state index is 10.4. The van der Waals surface area contributed by atoms with Crippen LogP contribution in [0.2, 0.25) is 0 Å². The van der Waals surface area contributed by atoms with Crippen molar-refractivity contribution in [2.45, 2.75) is 51.4 Å². The van der Waals surface area contributed by atoms with Crippen LogP contribution in [0.4, 0.5) is 11.6 Å². The first-order valence-electron chi connectivity index (χ1n) is 11.7. The molecule has 1 saturated heterocycles. The van der Waals surface area contributed by atoms with Crippen molar-refractivity contribution in [3.8, 4) is 17.3 Å². The van der Waals surface area contributed by atoms with Gasteiger partial charge in [-0.05, 0) is 50.9 Å². The zero-order chi connectivity index (χ0) is 24.1. The number of piperidine rings is 1. The number of nitrogens with one attached hydrogen (secondary N) is 2. The molecule has 0 saturated carbocycles. The Morgan fingerprint density at radius 3 is 2.76 bits per heavy atom. The van der Waals surface area contributed by atoms with E-state index >= 15 is 0 Å². The van der Waals surface area contributed by atoms with E-state index in [4.69, 9.17) is 10.2 Å². The molecule has 0 amide bonds. The number of aromatic nitrogens is 4.